The number of benzene rings is 3. The Morgan fingerprint density at radius 2 is 1.43 bits per heavy atom. The standard InChI is InChI=1S/C42H48N10O2/c1-28(49-54-27-38(50(2)3)31-13-8-6-9-14-31)40-45-26-36(48-40)35-25-43-33(23-44-35)29-18-20-30(21-19-29)34-24-46-41(47-34)37-17-12-22-52(37)42(53)39(51(4)5)32-15-10-7-11-16-32/h6-11,13-16,18-21,23-26,28,37-39,49H,12,17,22,27H2,1-5H3,(H,45,48)(H,46,47)/t28-,37-,38-,39+/m0/s1. The van der Waals surface area contributed by atoms with Gasteiger partial charge in [-0.25, -0.2) is 9.97 Å². The number of rotatable bonds is 14. The fourth-order valence-electron chi connectivity index (χ4n) is 7.07. The van der Waals surface area contributed by atoms with E-state index in [1.807, 2.05) is 112 Å². The highest BCUT2D eigenvalue weighted by atomic mass is 16.6. The van der Waals surface area contributed by atoms with Crippen molar-refractivity contribution in [1.29, 1.82) is 0 Å². The predicted molar refractivity (Wildman–Crippen MR) is 210 cm³/mol. The molecule has 0 spiro atoms. The third-order valence-electron chi connectivity index (χ3n) is 10.0. The van der Waals surface area contributed by atoms with Crippen LogP contribution in [-0.4, -0.2) is 91.9 Å². The molecular weight excluding hydrogens is 677 g/mol. The summed E-state index contributed by atoms with van der Waals surface area (Å²) in [6, 6.07) is 28.0. The fourth-order valence-corrected chi connectivity index (χ4v) is 7.07. The van der Waals surface area contributed by atoms with Crippen LogP contribution in [0.15, 0.2) is 110 Å². The summed E-state index contributed by atoms with van der Waals surface area (Å²) in [5.74, 6) is 1.65. The number of hydrogen-bond donors (Lipinski definition) is 3. The monoisotopic (exact) mass is 724 g/mol. The minimum absolute atomic E-state index is 0.0926. The number of nitrogens with zero attached hydrogens (tertiary/aromatic N) is 7. The van der Waals surface area contributed by atoms with Gasteiger partial charge in [0.25, 0.3) is 0 Å². The molecule has 0 unspecified atom stereocenters. The number of carbonyl (C=O) groups excluding carboxylic acids is 1. The van der Waals surface area contributed by atoms with Crippen LogP contribution in [0.1, 0.15) is 66.7 Å². The number of imidazole rings is 2. The van der Waals surface area contributed by atoms with Gasteiger partial charge in [0.1, 0.15) is 23.4 Å². The Bertz CT molecular complexity index is 2100. The molecule has 1 aliphatic heterocycles. The van der Waals surface area contributed by atoms with Crippen LogP contribution in [0.5, 0.6) is 0 Å². The van der Waals surface area contributed by atoms with Crippen molar-refractivity contribution in [2.45, 2.75) is 43.9 Å². The summed E-state index contributed by atoms with van der Waals surface area (Å²) in [7, 11) is 8.00. The van der Waals surface area contributed by atoms with E-state index < -0.39 is 0 Å². The number of H-pyrrole nitrogens is 2. The SMILES string of the molecule is C[C@H](NOC[C@@H](c1ccccc1)N(C)C)c1ncc(-c2cnc(-c3ccc(-c4cnc([C@@H]5CCCN5C(=O)[C@@H](c5ccccc5)N(C)C)[nH]4)cc3)cn2)[nH]1. The summed E-state index contributed by atoms with van der Waals surface area (Å²) in [6.45, 7) is 3.20. The Hall–Kier alpha value is -5.53. The van der Waals surface area contributed by atoms with Gasteiger partial charge in [-0.1, -0.05) is 84.9 Å². The van der Waals surface area contributed by atoms with Crippen molar-refractivity contribution >= 4 is 5.91 Å². The second kappa shape index (κ2) is 16.6. The molecule has 0 radical (unpaired) electrons. The van der Waals surface area contributed by atoms with E-state index in [1.54, 1.807) is 18.6 Å². The summed E-state index contributed by atoms with van der Waals surface area (Å²) in [5, 5.41) is 0. The minimum Gasteiger partial charge on any atom is -0.340 e. The van der Waals surface area contributed by atoms with Gasteiger partial charge in [0.05, 0.1) is 66.6 Å². The van der Waals surface area contributed by atoms with Gasteiger partial charge in [0.2, 0.25) is 5.91 Å². The molecule has 7 rings (SSSR count). The van der Waals surface area contributed by atoms with Crippen molar-refractivity contribution in [1.82, 2.24) is 50.1 Å². The van der Waals surface area contributed by atoms with Gasteiger partial charge >= 0.3 is 0 Å². The van der Waals surface area contributed by atoms with Crippen molar-refractivity contribution in [2.75, 3.05) is 41.3 Å². The number of carbonyl (C=O) groups is 1. The van der Waals surface area contributed by atoms with Crippen LogP contribution in [0.3, 0.4) is 0 Å². The van der Waals surface area contributed by atoms with Gasteiger partial charge in [0, 0.05) is 12.1 Å². The lowest BCUT2D eigenvalue weighted by atomic mass is 10.0. The predicted octanol–water partition coefficient (Wildman–Crippen LogP) is 6.78. The highest BCUT2D eigenvalue weighted by Crippen LogP contribution is 2.35. The summed E-state index contributed by atoms with van der Waals surface area (Å²) in [4.78, 5) is 51.5. The molecule has 54 heavy (non-hydrogen) atoms. The van der Waals surface area contributed by atoms with E-state index in [0.29, 0.717) is 18.8 Å². The molecule has 3 aromatic carbocycles. The van der Waals surface area contributed by atoms with Crippen molar-refractivity contribution in [3.63, 3.8) is 0 Å². The van der Waals surface area contributed by atoms with Crippen LogP contribution < -0.4 is 5.48 Å². The zero-order valence-electron chi connectivity index (χ0n) is 31.5. The molecular formula is C42H48N10O2. The lowest BCUT2D eigenvalue weighted by Crippen LogP contribution is -2.40. The van der Waals surface area contributed by atoms with Crippen LogP contribution in [0.2, 0.25) is 0 Å². The molecule has 3 N–H and O–H groups in total. The van der Waals surface area contributed by atoms with E-state index in [-0.39, 0.29) is 30.1 Å². The molecule has 3 aromatic heterocycles. The Balaban J connectivity index is 0.962. The smallest absolute Gasteiger partial charge is 0.245 e. The largest absolute Gasteiger partial charge is 0.340 e. The van der Waals surface area contributed by atoms with Gasteiger partial charge in [-0.2, -0.15) is 5.48 Å². The number of amides is 1. The number of hydrogen-bond acceptors (Lipinski definition) is 9. The van der Waals surface area contributed by atoms with Crippen LogP contribution >= 0.6 is 0 Å². The molecule has 278 valence electrons. The number of aromatic nitrogens is 6. The molecule has 1 fully saturated rings. The summed E-state index contributed by atoms with van der Waals surface area (Å²) in [6.07, 6.45) is 8.96. The van der Waals surface area contributed by atoms with Crippen LogP contribution in [0.4, 0.5) is 0 Å². The summed E-state index contributed by atoms with van der Waals surface area (Å²) < 4.78 is 0. The Morgan fingerprint density at radius 3 is 2.09 bits per heavy atom. The van der Waals surface area contributed by atoms with Gasteiger partial charge < -0.3 is 19.8 Å². The van der Waals surface area contributed by atoms with Crippen molar-refractivity contribution in [2.24, 2.45) is 0 Å². The second-order valence-electron chi connectivity index (χ2n) is 14.2. The maximum absolute atomic E-state index is 13.9. The second-order valence-corrected chi connectivity index (χ2v) is 14.2. The maximum atomic E-state index is 13.9. The normalized spacial score (nSPS) is 16.2. The molecule has 4 atom stereocenters. The highest BCUT2D eigenvalue weighted by molar-refractivity contribution is 5.84. The molecule has 6 aromatic rings. The molecule has 12 heteroatoms. The van der Waals surface area contributed by atoms with Crippen molar-refractivity contribution < 1.29 is 9.63 Å². The Kier molecular flexibility index (Phi) is 11.3. The number of likely N-dealkylation sites (tertiary alicyclic amines) is 1. The Labute approximate surface area is 316 Å². The lowest BCUT2D eigenvalue weighted by molar-refractivity contribution is -0.137. The zero-order chi connectivity index (χ0) is 37.6. The van der Waals surface area contributed by atoms with Gasteiger partial charge in [-0.05, 0) is 64.6 Å². The number of likely N-dealkylation sites (N-methyl/N-ethyl adjacent to an activating group) is 2. The number of aromatic amines is 2. The lowest BCUT2D eigenvalue weighted by Gasteiger charge is -2.31. The molecule has 1 aliphatic rings. The third-order valence-corrected chi connectivity index (χ3v) is 10.0. The zero-order valence-corrected chi connectivity index (χ0v) is 31.5. The Morgan fingerprint density at radius 1 is 0.778 bits per heavy atom. The quantitative estimate of drug-likeness (QED) is 0.104. The first-order chi connectivity index (χ1) is 26.3. The van der Waals surface area contributed by atoms with E-state index in [0.717, 1.165) is 58.3 Å². The van der Waals surface area contributed by atoms with Crippen LogP contribution in [0.25, 0.3) is 33.9 Å². The van der Waals surface area contributed by atoms with E-state index >= 15 is 0 Å². The molecule has 12 nitrogen and oxygen atoms in total. The molecule has 1 saturated heterocycles. The highest BCUT2D eigenvalue weighted by Gasteiger charge is 2.37. The first kappa shape index (κ1) is 36.8. The first-order valence-electron chi connectivity index (χ1n) is 18.4. The summed E-state index contributed by atoms with van der Waals surface area (Å²) in [5.41, 5.74) is 10.4. The average Bonchev–Trinajstić information content (AvgIpc) is 3.99. The average molecular weight is 725 g/mol. The molecule has 4 heterocycles. The number of nitrogens with one attached hydrogen (secondary N) is 3. The van der Waals surface area contributed by atoms with Crippen molar-refractivity contribution in [3.8, 4) is 33.9 Å². The number of hydroxylamine groups is 1. The molecule has 0 saturated carbocycles. The van der Waals surface area contributed by atoms with E-state index in [4.69, 9.17) is 14.8 Å². The molecule has 0 bridgehead atoms. The topological polar surface area (TPSA) is 131 Å². The molecule has 1 amide bonds. The van der Waals surface area contributed by atoms with E-state index in [1.165, 1.54) is 5.56 Å². The first-order valence-corrected chi connectivity index (χ1v) is 18.4. The fraction of sp³-hybridized carbons (Fsp3) is 0.310. The minimum atomic E-state index is -0.346. The van der Waals surface area contributed by atoms with E-state index in [2.05, 4.69) is 54.6 Å². The van der Waals surface area contributed by atoms with Crippen LogP contribution in [-0.2, 0) is 9.63 Å². The van der Waals surface area contributed by atoms with Gasteiger partial charge in [-0.3, -0.25) is 24.5 Å². The molecule has 0 aliphatic carbocycles. The van der Waals surface area contributed by atoms with Gasteiger partial charge in [0.15, 0.2) is 0 Å². The van der Waals surface area contributed by atoms with E-state index in [9.17, 15) is 4.79 Å². The van der Waals surface area contributed by atoms with Crippen molar-refractivity contribution in [3.05, 3.63) is 132 Å². The maximum Gasteiger partial charge on any atom is 0.245 e. The van der Waals surface area contributed by atoms with Gasteiger partial charge in [-0.15, -0.1) is 0 Å². The van der Waals surface area contributed by atoms with Crippen LogP contribution in [0, 0.1) is 0 Å². The summed E-state index contributed by atoms with van der Waals surface area (Å²) >= 11 is 0. The third kappa shape index (κ3) is 8.17.